The van der Waals surface area contributed by atoms with Crippen LogP contribution >= 0.6 is 0 Å². The summed E-state index contributed by atoms with van der Waals surface area (Å²) in [7, 11) is 1.71. The van der Waals surface area contributed by atoms with E-state index in [0.717, 1.165) is 18.9 Å². The topological polar surface area (TPSA) is 20.3 Å². The summed E-state index contributed by atoms with van der Waals surface area (Å²) in [4.78, 5) is 13.1. The lowest BCUT2D eigenvalue weighted by molar-refractivity contribution is -0.129. The fourth-order valence-electron chi connectivity index (χ4n) is 2.30. The van der Waals surface area contributed by atoms with E-state index in [1.807, 2.05) is 0 Å². The lowest BCUT2D eigenvalue weighted by atomic mass is 9.94. The molecule has 1 atom stereocenters. The van der Waals surface area contributed by atoms with Gasteiger partial charge in [-0.25, -0.2) is 8.78 Å². The summed E-state index contributed by atoms with van der Waals surface area (Å²) >= 11 is 0. The summed E-state index contributed by atoms with van der Waals surface area (Å²) in [6, 6.07) is 4.23. The molecular formula is C13H15F2NO. The van der Waals surface area contributed by atoms with Crippen molar-refractivity contribution in [3.05, 3.63) is 35.4 Å². The van der Waals surface area contributed by atoms with Crippen molar-refractivity contribution in [2.24, 2.45) is 0 Å². The second kappa shape index (κ2) is 4.82. The largest absolute Gasteiger partial charge is 0.345 e. The molecule has 0 spiro atoms. The van der Waals surface area contributed by atoms with Crippen molar-refractivity contribution in [3.8, 4) is 0 Å². The minimum absolute atomic E-state index is 0.0734. The molecule has 4 heteroatoms. The Morgan fingerprint density at radius 3 is 2.88 bits per heavy atom. The Labute approximate surface area is 99.2 Å². The lowest BCUT2D eigenvalue weighted by Crippen LogP contribution is -2.28. The fraction of sp³-hybridized carbons (Fsp3) is 0.462. The highest BCUT2D eigenvalue weighted by Crippen LogP contribution is 2.29. The van der Waals surface area contributed by atoms with Crippen LogP contribution in [0.15, 0.2) is 18.2 Å². The SMILES string of the molecule is CN1CC(c2cccc(F)c2F)CCCC1=O. The first-order valence-corrected chi connectivity index (χ1v) is 5.77. The van der Waals surface area contributed by atoms with E-state index in [0.29, 0.717) is 18.5 Å². The molecule has 1 fully saturated rings. The van der Waals surface area contributed by atoms with Crippen LogP contribution in [0.5, 0.6) is 0 Å². The van der Waals surface area contributed by atoms with Gasteiger partial charge >= 0.3 is 0 Å². The number of benzene rings is 1. The van der Waals surface area contributed by atoms with Crippen molar-refractivity contribution in [3.63, 3.8) is 0 Å². The van der Waals surface area contributed by atoms with Crippen molar-refractivity contribution >= 4 is 5.91 Å². The number of hydrogen-bond acceptors (Lipinski definition) is 1. The summed E-state index contributed by atoms with van der Waals surface area (Å²) in [5, 5.41) is 0. The number of likely N-dealkylation sites (tertiary alicyclic amines) is 1. The molecule has 1 aromatic rings. The second-order valence-corrected chi connectivity index (χ2v) is 4.51. The third-order valence-electron chi connectivity index (χ3n) is 3.28. The number of amides is 1. The zero-order valence-corrected chi connectivity index (χ0v) is 9.75. The molecule has 2 rings (SSSR count). The normalized spacial score (nSPS) is 21.5. The Hall–Kier alpha value is -1.45. The Kier molecular flexibility index (Phi) is 3.41. The molecular weight excluding hydrogens is 224 g/mol. The quantitative estimate of drug-likeness (QED) is 0.737. The van der Waals surface area contributed by atoms with Crippen LogP contribution < -0.4 is 0 Å². The molecule has 0 aliphatic carbocycles. The minimum atomic E-state index is -0.819. The summed E-state index contributed by atoms with van der Waals surface area (Å²) in [5.74, 6) is -1.63. The van der Waals surface area contributed by atoms with Crippen LogP contribution in [0.3, 0.4) is 0 Å². The summed E-state index contributed by atoms with van der Waals surface area (Å²) in [6.07, 6.45) is 1.93. The Morgan fingerprint density at radius 1 is 1.35 bits per heavy atom. The van der Waals surface area contributed by atoms with Gasteiger partial charge in [0.2, 0.25) is 5.91 Å². The third kappa shape index (κ3) is 2.46. The molecule has 92 valence electrons. The number of nitrogens with zero attached hydrogens (tertiary/aromatic N) is 1. The molecule has 0 saturated carbocycles. The summed E-state index contributed by atoms with van der Waals surface area (Å²) in [6.45, 7) is 0.458. The Balaban J connectivity index is 2.27. The van der Waals surface area contributed by atoms with E-state index < -0.39 is 11.6 Å². The van der Waals surface area contributed by atoms with E-state index in [4.69, 9.17) is 0 Å². The summed E-state index contributed by atoms with van der Waals surface area (Å²) < 4.78 is 26.8. The van der Waals surface area contributed by atoms with E-state index in [1.54, 1.807) is 18.0 Å². The Bertz CT molecular complexity index is 433. The molecule has 1 aromatic carbocycles. The molecule has 0 aromatic heterocycles. The molecule has 1 aliphatic heterocycles. The van der Waals surface area contributed by atoms with Gasteiger partial charge in [0.1, 0.15) is 0 Å². The van der Waals surface area contributed by atoms with E-state index in [1.165, 1.54) is 6.07 Å². The van der Waals surface area contributed by atoms with E-state index in [-0.39, 0.29) is 11.8 Å². The highest BCUT2D eigenvalue weighted by molar-refractivity contribution is 5.76. The molecule has 1 aliphatic rings. The van der Waals surface area contributed by atoms with Crippen LogP contribution in [0, 0.1) is 11.6 Å². The predicted octanol–water partition coefficient (Wildman–Crippen LogP) is 2.69. The van der Waals surface area contributed by atoms with Crippen LogP contribution in [0.2, 0.25) is 0 Å². The van der Waals surface area contributed by atoms with E-state index in [9.17, 15) is 13.6 Å². The van der Waals surface area contributed by atoms with Gasteiger partial charge in [-0.05, 0) is 24.5 Å². The average molecular weight is 239 g/mol. The highest BCUT2D eigenvalue weighted by Gasteiger charge is 2.24. The van der Waals surface area contributed by atoms with E-state index in [2.05, 4.69) is 0 Å². The summed E-state index contributed by atoms with van der Waals surface area (Å²) in [5.41, 5.74) is 0.381. The van der Waals surface area contributed by atoms with Gasteiger partial charge in [0.15, 0.2) is 11.6 Å². The highest BCUT2D eigenvalue weighted by atomic mass is 19.2. The minimum Gasteiger partial charge on any atom is -0.345 e. The van der Waals surface area contributed by atoms with Gasteiger partial charge in [-0.15, -0.1) is 0 Å². The van der Waals surface area contributed by atoms with Gasteiger partial charge in [-0.1, -0.05) is 12.1 Å². The standard InChI is InChI=1S/C13H15F2NO/c1-16-8-9(4-2-7-12(16)17)10-5-3-6-11(14)13(10)15/h3,5-6,9H,2,4,7-8H2,1H3. The van der Waals surface area contributed by atoms with Crippen LogP contribution in [0.4, 0.5) is 8.78 Å². The first-order chi connectivity index (χ1) is 8.09. The van der Waals surface area contributed by atoms with Gasteiger partial charge in [-0.3, -0.25) is 4.79 Å². The molecule has 1 heterocycles. The van der Waals surface area contributed by atoms with Crippen LogP contribution in [-0.4, -0.2) is 24.4 Å². The van der Waals surface area contributed by atoms with Crippen molar-refractivity contribution < 1.29 is 13.6 Å². The number of likely N-dealkylation sites (N-methyl/N-ethyl adjacent to an activating group) is 1. The number of halogens is 2. The van der Waals surface area contributed by atoms with Gasteiger partial charge in [0.25, 0.3) is 0 Å². The number of carbonyl (C=O) groups is 1. The molecule has 1 amide bonds. The van der Waals surface area contributed by atoms with Crippen molar-refractivity contribution in [1.29, 1.82) is 0 Å². The second-order valence-electron chi connectivity index (χ2n) is 4.51. The van der Waals surface area contributed by atoms with Crippen molar-refractivity contribution in [2.45, 2.75) is 25.2 Å². The zero-order valence-electron chi connectivity index (χ0n) is 9.75. The molecule has 1 unspecified atom stereocenters. The van der Waals surface area contributed by atoms with Gasteiger partial charge in [0.05, 0.1) is 0 Å². The lowest BCUT2D eigenvalue weighted by Gasteiger charge is -2.21. The smallest absolute Gasteiger partial charge is 0.222 e. The van der Waals surface area contributed by atoms with Crippen LogP contribution in [0.1, 0.15) is 30.7 Å². The predicted molar refractivity (Wildman–Crippen MR) is 60.6 cm³/mol. The van der Waals surface area contributed by atoms with Gasteiger partial charge in [0, 0.05) is 25.9 Å². The van der Waals surface area contributed by atoms with E-state index >= 15 is 0 Å². The van der Waals surface area contributed by atoms with Crippen molar-refractivity contribution in [2.75, 3.05) is 13.6 Å². The number of hydrogen-bond donors (Lipinski definition) is 0. The van der Waals surface area contributed by atoms with Gasteiger partial charge in [-0.2, -0.15) is 0 Å². The maximum atomic E-state index is 13.7. The molecule has 0 bridgehead atoms. The number of rotatable bonds is 1. The van der Waals surface area contributed by atoms with Crippen molar-refractivity contribution in [1.82, 2.24) is 4.90 Å². The fourth-order valence-corrected chi connectivity index (χ4v) is 2.30. The maximum absolute atomic E-state index is 13.7. The monoisotopic (exact) mass is 239 g/mol. The average Bonchev–Trinajstić information content (AvgIpc) is 2.46. The van der Waals surface area contributed by atoms with Crippen LogP contribution in [0.25, 0.3) is 0 Å². The molecule has 2 nitrogen and oxygen atoms in total. The zero-order chi connectivity index (χ0) is 12.4. The number of carbonyl (C=O) groups excluding carboxylic acids is 1. The van der Waals surface area contributed by atoms with Gasteiger partial charge < -0.3 is 4.90 Å². The molecule has 0 N–H and O–H groups in total. The third-order valence-corrected chi connectivity index (χ3v) is 3.28. The first-order valence-electron chi connectivity index (χ1n) is 5.77. The first kappa shape index (κ1) is 12.0. The maximum Gasteiger partial charge on any atom is 0.222 e. The molecule has 17 heavy (non-hydrogen) atoms. The van der Waals surface area contributed by atoms with Crippen LogP contribution in [-0.2, 0) is 4.79 Å². The Morgan fingerprint density at radius 2 is 2.12 bits per heavy atom. The molecule has 1 saturated heterocycles. The molecule has 0 radical (unpaired) electrons.